The molecule has 0 radical (unpaired) electrons. The number of hydrogen-bond donors (Lipinski definition) is 4. The number of nitrogens with zero attached hydrogens (tertiary/aromatic N) is 2. The van der Waals surface area contributed by atoms with Crippen LogP contribution in [0.5, 0.6) is 5.75 Å². The average molecular weight is 564 g/mol. The molecule has 1 saturated carbocycles. The van der Waals surface area contributed by atoms with Crippen molar-refractivity contribution in [2.45, 2.75) is 69.1 Å². The van der Waals surface area contributed by atoms with Gasteiger partial charge in [-0.25, -0.2) is 4.39 Å². The second-order valence-corrected chi connectivity index (χ2v) is 10.8. The Kier molecular flexibility index (Phi) is 6.97. The minimum atomic E-state index is -4.89. The first-order chi connectivity index (χ1) is 18.8. The molecule has 1 saturated heterocycles. The summed E-state index contributed by atoms with van der Waals surface area (Å²) in [6.45, 7) is 3.69. The Bertz CT molecular complexity index is 1320. The highest BCUT2D eigenvalue weighted by atomic mass is 19.4. The van der Waals surface area contributed by atoms with Crippen molar-refractivity contribution in [2.75, 3.05) is 0 Å². The number of aliphatic hydroxyl groups is 1. The zero-order chi connectivity index (χ0) is 29.0. The van der Waals surface area contributed by atoms with Gasteiger partial charge in [0, 0.05) is 23.2 Å². The number of nitrogens with one attached hydrogen (secondary N) is 3. The molecule has 13 heteroatoms. The summed E-state index contributed by atoms with van der Waals surface area (Å²) in [6.07, 6.45) is -6.31. The molecule has 214 valence electrons. The summed E-state index contributed by atoms with van der Waals surface area (Å²) in [5.74, 6) is -3.33. The van der Waals surface area contributed by atoms with E-state index in [4.69, 9.17) is 10.1 Å². The molecule has 0 spiro atoms. The van der Waals surface area contributed by atoms with Gasteiger partial charge >= 0.3 is 6.18 Å². The summed E-state index contributed by atoms with van der Waals surface area (Å²) in [4.78, 5) is 31.8. The largest absolute Gasteiger partial charge is 0.478 e. The molecule has 2 aliphatic heterocycles. The van der Waals surface area contributed by atoms with Crippen LogP contribution in [0.2, 0.25) is 0 Å². The first-order valence-corrected chi connectivity index (χ1v) is 12.9. The van der Waals surface area contributed by atoms with Crippen LogP contribution in [0.3, 0.4) is 0 Å². The van der Waals surface area contributed by atoms with E-state index in [0.29, 0.717) is 6.42 Å². The minimum absolute atomic E-state index is 0.0680. The highest BCUT2D eigenvalue weighted by Gasteiger charge is 2.56. The molecule has 2 aromatic rings. The van der Waals surface area contributed by atoms with Crippen molar-refractivity contribution >= 4 is 17.8 Å². The Hall–Kier alpha value is -3.74. The molecule has 3 heterocycles. The molecule has 40 heavy (non-hydrogen) atoms. The lowest BCUT2D eigenvalue weighted by Gasteiger charge is -2.43. The first kappa shape index (κ1) is 27.8. The number of hydrogen-bond acceptors (Lipinski definition) is 6. The van der Waals surface area contributed by atoms with Gasteiger partial charge in [0.2, 0.25) is 17.9 Å². The maximum Gasteiger partial charge on any atom is 0.428 e. The molecule has 0 bridgehead atoms. The van der Waals surface area contributed by atoms with Gasteiger partial charge in [-0.05, 0) is 43.4 Å². The fourth-order valence-corrected chi connectivity index (χ4v) is 5.58. The van der Waals surface area contributed by atoms with Crippen molar-refractivity contribution in [1.82, 2.24) is 20.5 Å². The van der Waals surface area contributed by atoms with Crippen LogP contribution in [-0.4, -0.2) is 56.7 Å². The van der Waals surface area contributed by atoms with Crippen molar-refractivity contribution in [3.05, 3.63) is 59.7 Å². The summed E-state index contributed by atoms with van der Waals surface area (Å²) < 4.78 is 60.0. The summed E-state index contributed by atoms with van der Waals surface area (Å²) in [7, 11) is 0. The van der Waals surface area contributed by atoms with Crippen molar-refractivity contribution in [1.29, 1.82) is 5.41 Å². The van der Waals surface area contributed by atoms with E-state index in [0.717, 1.165) is 6.20 Å². The van der Waals surface area contributed by atoms with Gasteiger partial charge in [-0.1, -0.05) is 25.1 Å². The molecule has 1 aromatic heterocycles. The lowest BCUT2D eigenvalue weighted by molar-refractivity contribution is -0.229. The van der Waals surface area contributed by atoms with Gasteiger partial charge < -0.3 is 20.5 Å². The molecule has 4 N–H and O–H groups in total. The Morgan fingerprint density at radius 1 is 1.35 bits per heavy atom. The summed E-state index contributed by atoms with van der Waals surface area (Å²) >= 11 is 0. The normalized spacial score (nSPS) is 30.6. The third-order valence-corrected chi connectivity index (χ3v) is 7.96. The summed E-state index contributed by atoms with van der Waals surface area (Å²) in [5, 5.41) is 24.8. The molecule has 3 aliphatic rings. The predicted octanol–water partition coefficient (Wildman–Crippen LogP) is 3.36. The van der Waals surface area contributed by atoms with Crippen molar-refractivity contribution in [2.24, 2.45) is 11.8 Å². The van der Waals surface area contributed by atoms with E-state index in [2.05, 4.69) is 15.6 Å². The number of guanidine groups is 1. The van der Waals surface area contributed by atoms with E-state index in [-0.39, 0.29) is 41.6 Å². The molecule has 5 rings (SSSR count). The van der Waals surface area contributed by atoms with Gasteiger partial charge in [-0.2, -0.15) is 13.2 Å². The maximum atomic E-state index is 14.2. The quantitative estimate of drug-likeness (QED) is 0.399. The zero-order valence-corrected chi connectivity index (χ0v) is 21.7. The topological polar surface area (TPSA) is 128 Å². The number of fused-ring (bicyclic) bond motifs is 1. The van der Waals surface area contributed by atoms with Crippen LogP contribution in [-0.2, 0) is 9.59 Å². The molecule has 2 amide bonds. The first-order valence-electron chi connectivity index (χ1n) is 12.9. The SMILES string of the molecule is CC[C@@]1(C)CC(=O)N(C(c2cncc(F)c2)[C@@H]2C[C@H]2C(=O)NC2c3ccccc3OC(C(F)(F)F)C2O)C(=N)N1. The number of alkyl halides is 3. The average Bonchev–Trinajstić information content (AvgIpc) is 3.67. The highest BCUT2D eigenvalue weighted by molar-refractivity contribution is 5.99. The van der Waals surface area contributed by atoms with Gasteiger partial charge in [-0.15, -0.1) is 0 Å². The number of ether oxygens (including phenoxy) is 1. The fourth-order valence-electron chi connectivity index (χ4n) is 5.58. The van der Waals surface area contributed by atoms with Crippen molar-refractivity contribution < 1.29 is 37.0 Å². The van der Waals surface area contributed by atoms with Crippen LogP contribution in [0.4, 0.5) is 17.6 Å². The monoisotopic (exact) mass is 563 g/mol. The number of aliphatic hydroxyl groups excluding tert-OH is 1. The predicted molar refractivity (Wildman–Crippen MR) is 133 cm³/mol. The number of halogens is 4. The van der Waals surface area contributed by atoms with Gasteiger partial charge in [0.15, 0.2) is 5.96 Å². The number of rotatable bonds is 6. The second kappa shape index (κ2) is 10.0. The van der Waals surface area contributed by atoms with Crippen LogP contribution in [0.15, 0.2) is 42.7 Å². The molecule has 2 fully saturated rings. The number of pyridine rings is 1. The summed E-state index contributed by atoms with van der Waals surface area (Å²) in [6, 6.07) is 4.71. The third-order valence-electron chi connectivity index (χ3n) is 7.96. The highest BCUT2D eigenvalue weighted by Crippen LogP contribution is 2.52. The van der Waals surface area contributed by atoms with E-state index in [9.17, 15) is 32.3 Å². The second-order valence-electron chi connectivity index (χ2n) is 10.8. The van der Waals surface area contributed by atoms with E-state index >= 15 is 0 Å². The van der Waals surface area contributed by atoms with E-state index < -0.39 is 59.6 Å². The van der Waals surface area contributed by atoms with E-state index in [1.165, 1.54) is 35.4 Å². The van der Waals surface area contributed by atoms with Crippen LogP contribution in [0.25, 0.3) is 0 Å². The Labute approximate surface area is 227 Å². The molecule has 1 aromatic carbocycles. The van der Waals surface area contributed by atoms with Gasteiger partial charge in [-0.3, -0.25) is 24.9 Å². The van der Waals surface area contributed by atoms with Gasteiger partial charge in [0.1, 0.15) is 17.7 Å². The number of carbonyl (C=O) groups is 2. The summed E-state index contributed by atoms with van der Waals surface area (Å²) in [5.41, 5.74) is -0.158. The maximum absolute atomic E-state index is 14.2. The Balaban J connectivity index is 1.41. The zero-order valence-electron chi connectivity index (χ0n) is 21.7. The smallest absolute Gasteiger partial charge is 0.428 e. The van der Waals surface area contributed by atoms with E-state index in [1.807, 2.05) is 13.8 Å². The molecular formula is C27H29F4N5O4. The molecular weight excluding hydrogens is 534 g/mol. The standard InChI is InChI=1S/C27H29F4N5O4/c1-3-26(2)10-19(37)36(25(32)35-26)21(13-8-14(28)12-33-11-13)16-9-17(16)24(39)34-20-15-6-4-5-7-18(15)40-23(22(20)38)27(29,30)31/h4-8,11-12,16-17,20-23,38H,3,9-10H2,1-2H3,(H2,32,35)(H,34,39)/t16-,17-,20?,21?,22?,23?,26+/m1/s1. The van der Waals surface area contributed by atoms with Crippen LogP contribution in [0.1, 0.15) is 56.3 Å². The molecule has 1 aliphatic carbocycles. The number of benzene rings is 1. The van der Waals surface area contributed by atoms with Gasteiger partial charge in [0.05, 0.1) is 24.7 Å². The number of carbonyl (C=O) groups excluding carboxylic acids is 2. The number of amides is 2. The number of para-hydroxylation sites is 1. The van der Waals surface area contributed by atoms with Crippen LogP contribution < -0.4 is 15.4 Å². The van der Waals surface area contributed by atoms with Crippen LogP contribution in [0, 0.1) is 23.1 Å². The lowest BCUT2D eigenvalue weighted by atomic mass is 9.90. The minimum Gasteiger partial charge on any atom is -0.478 e. The Morgan fingerprint density at radius 2 is 2.08 bits per heavy atom. The fraction of sp³-hybridized carbons (Fsp3) is 0.481. The molecule has 7 atom stereocenters. The third kappa shape index (κ3) is 5.09. The van der Waals surface area contributed by atoms with E-state index in [1.54, 1.807) is 6.07 Å². The van der Waals surface area contributed by atoms with Crippen LogP contribution >= 0.6 is 0 Å². The van der Waals surface area contributed by atoms with Crippen molar-refractivity contribution in [3.63, 3.8) is 0 Å². The number of aromatic nitrogens is 1. The van der Waals surface area contributed by atoms with Crippen molar-refractivity contribution in [3.8, 4) is 5.75 Å². The Morgan fingerprint density at radius 3 is 2.73 bits per heavy atom. The molecule has 9 nitrogen and oxygen atoms in total. The lowest BCUT2D eigenvalue weighted by Crippen LogP contribution is -2.61. The van der Waals surface area contributed by atoms with Gasteiger partial charge in [0.25, 0.3) is 0 Å². The molecule has 4 unspecified atom stereocenters.